The molecule has 0 aromatic rings. The molecule has 1 fully saturated rings. The van der Waals surface area contributed by atoms with E-state index in [-0.39, 0.29) is 23.8 Å². The van der Waals surface area contributed by atoms with Crippen molar-refractivity contribution in [2.75, 3.05) is 0 Å². The van der Waals surface area contributed by atoms with Crippen molar-refractivity contribution in [3.05, 3.63) is 0 Å². The van der Waals surface area contributed by atoms with E-state index in [1.807, 2.05) is 13.8 Å². The third-order valence-corrected chi connectivity index (χ3v) is 3.07. The van der Waals surface area contributed by atoms with Crippen LogP contribution in [0.25, 0.3) is 0 Å². The minimum atomic E-state index is -0.101. The molecule has 3 nitrogen and oxygen atoms in total. The van der Waals surface area contributed by atoms with Crippen molar-refractivity contribution in [1.29, 1.82) is 0 Å². The molecule has 0 heterocycles. The monoisotopic (exact) mass is 212 g/mol. The summed E-state index contributed by atoms with van der Waals surface area (Å²) in [5, 5.41) is 0. The van der Waals surface area contributed by atoms with E-state index in [2.05, 4.69) is 0 Å². The Balaban J connectivity index is 2.36. The van der Waals surface area contributed by atoms with Gasteiger partial charge in [0.1, 0.15) is 11.9 Å². The van der Waals surface area contributed by atoms with Crippen LogP contribution in [0.15, 0.2) is 0 Å². The highest BCUT2D eigenvalue weighted by Gasteiger charge is 2.27. The molecule has 1 aliphatic rings. The molecule has 1 aliphatic carbocycles. The summed E-state index contributed by atoms with van der Waals surface area (Å²) in [7, 11) is 0. The van der Waals surface area contributed by atoms with E-state index in [1.54, 1.807) is 0 Å². The van der Waals surface area contributed by atoms with Crippen molar-refractivity contribution >= 4 is 11.8 Å². The Morgan fingerprint density at radius 3 is 2.33 bits per heavy atom. The predicted molar refractivity (Wildman–Crippen MR) is 57.4 cm³/mol. The Morgan fingerprint density at radius 1 is 1.33 bits per heavy atom. The second-order valence-corrected chi connectivity index (χ2v) is 4.19. The van der Waals surface area contributed by atoms with Crippen LogP contribution in [0.1, 0.15) is 52.4 Å². The van der Waals surface area contributed by atoms with Crippen LogP contribution in [-0.4, -0.2) is 17.9 Å². The van der Waals surface area contributed by atoms with Gasteiger partial charge in [0.25, 0.3) is 0 Å². The van der Waals surface area contributed by atoms with Crippen molar-refractivity contribution < 1.29 is 14.3 Å². The molecular formula is C12H20O3. The van der Waals surface area contributed by atoms with Crippen LogP contribution in [0, 0.1) is 5.92 Å². The summed E-state index contributed by atoms with van der Waals surface area (Å²) in [5.74, 6) is 0.140. The number of rotatable bonds is 4. The van der Waals surface area contributed by atoms with E-state index in [0.29, 0.717) is 25.7 Å². The first-order valence-corrected chi connectivity index (χ1v) is 5.89. The van der Waals surface area contributed by atoms with Crippen LogP contribution in [0.4, 0.5) is 0 Å². The Labute approximate surface area is 91.2 Å². The summed E-state index contributed by atoms with van der Waals surface area (Å²) in [5.41, 5.74) is 0. The molecule has 0 bridgehead atoms. The molecule has 15 heavy (non-hydrogen) atoms. The highest BCUT2D eigenvalue weighted by molar-refractivity contribution is 5.82. The summed E-state index contributed by atoms with van der Waals surface area (Å²) in [4.78, 5) is 22.7. The van der Waals surface area contributed by atoms with Crippen molar-refractivity contribution in [1.82, 2.24) is 0 Å². The molecule has 0 amide bonds. The summed E-state index contributed by atoms with van der Waals surface area (Å²) in [6, 6.07) is 0. The molecule has 0 aromatic carbocycles. The Hall–Kier alpha value is -0.860. The van der Waals surface area contributed by atoms with Gasteiger partial charge in [0.2, 0.25) is 0 Å². The maximum atomic E-state index is 11.7. The lowest BCUT2D eigenvalue weighted by Crippen LogP contribution is -2.27. The molecule has 0 saturated heterocycles. The lowest BCUT2D eigenvalue weighted by molar-refractivity contribution is -0.155. The molecular weight excluding hydrogens is 192 g/mol. The van der Waals surface area contributed by atoms with E-state index in [9.17, 15) is 9.59 Å². The molecule has 0 unspecified atom stereocenters. The smallest absolute Gasteiger partial charge is 0.309 e. The topological polar surface area (TPSA) is 43.4 Å². The maximum Gasteiger partial charge on any atom is 0.309 e. The minimum Gasteiger partial charge on any atom is -0.462 e. The van der Waals surface area contributed by atoms with E-state index in [4.69, 9.17) is 4.74 Å². The van der Waals surface area contributed by atoms with Gasteiger partial charge in [-0.05, 0) is 25.7 Å². The fraction of sp³-hybridized carbons (Fsp3) is 0.833. The number of ketones is 1. The van der Waals surface area contributed by atoms with E-state index in [1.165, 1.54) is 0 Å². The van der Waals surface area contributed by atoms with E-state index in [0.717, 1.165) is 12.8 Å². The standard InChI is InChI=1S/C12H20O3/c1-3-11(4-2)15-12(14)9-5-7-10(13)8-6-9/h9,11H,3-8H2,1-2H3. The second-order valence-electron chi connectivity index (χ2n) is 4.19. The van der Waals surface area contributed by atoms with Crippen LogP contribution in [0.3, 0.4) is 0 Å². The molecule has 0 atom stereocenters. The summed E-state index contributed by atoms with van der Waals surface area (Å²) >= 11 is 0. The summed E-state index contributed by atoms with van der Waals surface area (Å²) < 4.78 is 5.37. The Bertz CT molecular complexity index is 221. The maximum absolute atomic E-state index is 11.7. The summed E-state index contributed by atoms with van der Waals surface area (Å²) in [6.45, 7) is 4.04. The number of ether oxygens (including phenoxy) is 1. The number of carbonyl (C=O) groups is 2. The molecule has 86 valence electrons. The zero-order chi connectivity index (χ0) is 11.3. The van der Waals surface area contributed by atoms with Crippen molar-refractivity contribution in [3.8, 4) is 0 Å². The van der Waals surface area contributed by atoms with E-state index < -0.39 is 0 Å². The summed E-state index contributed by atoms with van der Waals surface area (Å²) in [6.07, 6.45) is 4.23. The molecule has 1 rings (SSSR count). The van der Waals surface area contributed by atoms with E-state index >= 15 is 0 Å². The largest absolute Gasteiger partial charge is 0.462 e. The lowest BCUT2D eigenvalue weighted by atomic mass is 9.88. The molecule has 0 aromatic heterocycles. The van der Waals surface area contributed by atoms with Gasteiger partial charge in [-0.2, -0.15) is 0 Å². The Morgan fingerprint density at radius 2 is 1.87 bits per heavy atom. The van der Waals surface area contributed by atoms with Gasteiger partial charge in [0, 0.05) is 12.8 Å². The highest BCUT2D eigenvalue weighted by Crippen LogP contribution is 2.23. The molecule has 1 saturated carbocycles. The van der Waals surface area contributed by atoms with Gasteiger partial charge >= 0.3 is 5.97 Å². The second kappa shape index (κ2) is 5.89. The predicted octanol–water partition coefficient (Wildman–Crippen LogP) is 2.48. The quantitative estimate of drug-likeness (QED) is 0.672. The zero-order valence-corrected chi connectivity index (χ0v) is 9.62. The van der Waals surface area contributed by atoms with Crippen LogP contribution in [0.2, 0.25) is 0 Å². The number of carbonyl (C=O) groups excluding carboxylic acids is 2. The number of hydrogen-bond donors (Lipinski definition) is 0. The minimum absolute atomic E-state index is 0.0386. The highest BCUT2D eigenvalue weighted by atomic mass is 16.5. The SMILES string of the molecule is CCC(CC)OC(=O)C1CCC(=O)CC1. The van der Waals surface area contributed by atoms with Crippen LogP contribution in [0.5, 0.6) is 0 Å². The third kappa shape index (κ3) is 3.65. The number of hydrogen-bond acceptors (Lipinski definition) is 3. The van der Waals surface area contributed by atoms with Gasteiger partial charge in [-0.25, -0.2) is 0 Å². The van der Waals surface area contributed by atoms with Gasteiger partial charge in [-0.15, -0.1) is 0 Å². The van der Waals surface area contributed by atoms with Crippen LogP contribution in [-0.2, 0) is 14.3 Å². The van der Waals surface area contributed by atoms with Crippen LogP contribution < -0.4 is 0 Å². The van der Waals surface area contributed by atoms with Gasteiger partial charge in [-0.3, -0.25) is 9.59 Å². The molecule has 0 radical (unpaired) electrons. The Kier molecular flexibility index (Phi) is 4.79. The average molecular weight is 212 g/mol. The fourth-order valence-corrected chi connectivity index (χ4v) is 1.89. The first-order chi connectivity index (χ1) is 7.17. The molecule has 0 aliphatic heterocycles. The third-order valence-electron chi connectivity index (χ3n) is 3.07. The lowest BCUT2D eigenvalue weighted by Gasteiger charge is -2.22. The van der Waals surface area contributed by atoms with Crippen molar-refractivity contribution in [3.63, 3.8) is 0 Å². The number of Topliss-reactive ketones (excluding diaryl/α,β-unsaturated/α-hetero) is 1. The molecule has 3 heteroatoms. The number of esters is 1. The first-order valence-electron chi connectivity index (χ1n) is 5.89. The fourth-order valence-electron chi connectivity index (χ4n) is 1.89. The van der Waals surface area contributed by atoms with Crippen molar-refractivity contribution in [2.24, 2.45) is 5.92 Å². The molecule has 0 spiro atoms. The first kappa shape index (κ1) is 12.2. The molecule has 0 N–H and O–H groups in total. The average Bonchev–Trinajstić information content (AvgIpc) is 2.26. The van der Waals surface area contributed by atoms with Crippen LogP contribution >= 0.6 is 0 Å². The zero-order valence-electron chi connectivity index (χ0n) is 9.62. The van der Waals surface area contributed by atoms with Crippen molar-refractivity contribution in [2.45, 2.75) is 58.5 Å². The van der Waals surface area contributed by atoms with Gasteiger partial charge < -0.3 is 4.74 Å². The van der Waals surface area contributed by atoms with Gasteiger partial charge in [0.05, 0.1) is 5.92 Å². The normalized spacial score (nSPS) is 18.2. The van der Waals surface area contributed by atoms with Gasteiger partial charge in [0.15, 0.2) is 0 Å². The van der Waals surface area contributed by atoms with Gasteiger partial charge in [-0.1, -0.05) is 13.8 Å².